The number of ether oxygens (including phenoxy) is 1. The molecule has 4 aromatic rings. The van der Waals surface area contributed by atoms with Crippen LogP contribution in [0.3, 0.4) is 0 Å². The molecule has 6 nitrogen and oxygen atoms in total. The molecule has 0 spiro atoms. The molecule has 0 fully saturated rings. The first kappa shape index (κ1) is 17.1. The van der Waals surface area contributed by atoms with Gasteiger partial charge < -0.3 is 4.74 Å². The number of halogens is 1. The van der Waals surface area contributed by atoms with Gasteiger partial charge in [-0.1, -0.05) is 6.07 Å². The molecule has 0 saturated heterocycles. The molecule has 3 aromatic heterocycles. The molecule has 3 heterocycles. The molecule has 1 aromatic carbocycles. The molecule has 0 radical (unpaired) electrons. The van der Waals surface area contributed by atoms with Crippen molar-refractivity contribution in [2.45, 2.75) is 19.8 Å². The third kappa shape index (κ3) is 3.12. The van der Waals surface area contributed by atoms with Crippen molar-refractivity contribution in [3.05, 3.63) is 72.0 Å². The lowest BCUT2D eigenvalue weighted by atomic mass is 10.0. The second-order valence-electron chi connectivity index (χ2n) is 6.21. The lowest BCUT2D eigenvalue weighted by Gasteiger charge is -2.12. The second kappa shape index (κ2) is 7.11. The quantitative estimate of drug-likeness (QED) is 0.543. The predicted octanol–water partition coefficient (Wildman–Crippen LogP) is 3.43. The van der Waals surface area contributed by atoms with Crippen LogP contribution in [-0.2, 0) is 12.8 Å². The first-order chi connectivity index (χ1) is 13.2. The molecule has 0 atom stereocenters. The van der Waals surface area contributed by atoms with Crippen LogP contribution in [0.25, 0.3) is 16.8 Å². The number of aromatic nitrogens is 5. The van der Waals surface area contributed by atoms with E-state index in [4.69, 9.17) is 4.74 Å². The number of hydrogen-bond acceptors (Lipinski definition) is 5. The SMILES string of the molecule is COc1cccc(F)c1CCc1ccc(-c2cncnc2C)c2nncn12. The number of hydrogen-bond donors (Lipinski definition) is 0. The molecule has 27 heavy (non-hydrogen) atoms. The van der Waals surface area contributed by atoms with Gasteiger partial charge in [0.1, 0.15) is 24.2 Å². The summed E-state index contributed by atoms with van der Waals surface area (Å²) >= 11 is 0. The number of rotatable bonds is 5. The zero-order chi connectivity index (χ0) is 18.8. The summed E-state index contributed by atoms with van der Waals surface area (Å²) in [6.45, 7) is 1.93. The first-order valence-electron chi connectivity index (χ1n) is 8.59. The van der Waals surface area contributed by atoms with Gasteiger partial charge in [0.05, 0.1) is 7.11 Å². The highest BCUT2D eigenvalue weighted by atomic mass is 19.1. The maximum atomic E-state index is 14.2. The number of nitrogens with zero attached hydrogens (tertiary/aromatic N) is 5. The Hall–Kier alpha value is -3.35. The Kier molecular flexibility index (Phi) is 4.50. The highest BCUT2D eigenvalue weighted by Gasteiger charge is 2.14. The van der Waals surface area contributed by atoms with Gasteiger partial charge >= 0.3 is 0 Å². The van der Waals surface area contributed by atoms with E-state index in [-0.39, 0.29) is 5.82 Å². The third-order valence-electron chi connectivity index (χ3n) is 4.67. The van der Waals surface area contributed by atoms with Crippen molar-refractivity contribution in [1.82, 2.24) is 24.6 Å². The van der Waals surface area contributed by atoms with Crippen LogP contribution in [0.2, 0.25) is 0 Å². The van der Waals surface area contributed by atoms with E-state index in [1.165, 1.54) is 12.4 Å². The molecule has 0 aliphatic rings. The monoisotopic (exact) mass is 363 g/mol. The Labute approximate surface area is 155 Å². The van der Waals surface area contributed by atoms with Crippen molar-refractivity contribution >= 4 is 5.65 Å². The van der Waals surface area contributed by atoms with E-state index in [1.807, 2.05) is 23.5 Å². The maximum absolute atomic E-state index is 14.2. The van der Waals surface area contributed by atoms with E-state index >= 15 is 0 Å². The van der Waals surface area contributed by atoms with Gasteiger partial charge in [0.15, 0.2) is 5.65 Å². The van der Waals surface area contributed by atoms with Crippen LogP contribution in [0.5, 0.6) is 5.75 Å². The van der Waals surface area contributed by atoms with Crippen LogP contribution in [0.15, 0.2) is 49.2 Å². The largest absolute Gasteiger partial charge is 0.496 e. The van der Waals surface area contributed by atoms with Crippen LogP contribution >= 0.6 is 0 Å². The summed E-state index contributed by atoms with van der Waals surface area (Å²) in [5.41, 5.74) is 4.98. The van der Waals surface area contributed by atoms with Crippen LogP contribution in [-0.4, -0.2) is 31.7 Å². The average Bonchev–Trinajstić information content (AvgIpc) is 3.17. The van der Waals surface area contributed by atoms with Gasteiger partial charge in [-0.2, -0.15) is 0 Å². The summed E-state index contributed by atoms with van der Waals surface area (Å²) in [6.07, 6.45) is 6.10. The van der Waals surface area contributed by atoms with Crippen LogP contribution in [0.4, 0.5) is 4.39 Å². The molecule has 7 heteroatoms. The normalized spacial score (nSPS) is 11.1. The van der Waals surface area contributed by atoms with Gasteiger partial charge in [-0.15, -0.1) is 10.2 Å². The number of aryl methyl sites for hydroxylation is 2. The van der Waals surface area contributed by atoms with Gasteiger partial charge in [-0.05, 0) is 44.0 Å². The van der Waals surface area contributed by atoms with Crippen LogP contribution < -0.4 is 4.74 Å². The van der Waals surface area contributed by atoms with Crippen molar-refractivity contribution < 1.29 is 9.13 Å². The van der Waals surface area contributed by atoms with Crippen molar-refractivity contribution in [1.29, 1.82) is 0 Å². The fourth-order valence-electron chi connectivity index (χ4n) is 3.26. The lowest BCUT2D eigenvalue weighted by Crippen LogP contribution is -2.03. The molecule has 136 valence electrons. The van der Waals surface area contributed by atoms with Crippen LogP contribution in [0, 0.1) is 12.7 Å². The van der Waals surface area contributed by atoms with E-state index in [1.54, 1.807) is 31.8 Å². The predicted molar refractivity (Wildman–Crippen MR) is 99.1 cm³/mol. The number of pyridine rings is 1. The van der Waals surface area contributed by atoms with Crippen molar-refractivity contribution in [2.24, 2.45) is 0 Å². The summed E-state index contributed by atoms with van der Waals surface area (Å²) in [7, 11) is 1.55. The number of benzene rings is 1. The fraction of sp³-hybridized carbons (Fsp3) is 0.200. The summed E-state index contributed by atoms with van der Waals surface area (Å²) in [5, 5.41) is 8.32. The minimum atomic E-state index is -0.261. The first-order valence-corrected chi connectivity index (χ1v) is 8.59. The smallest absolute Gasteiger partial charge is 0.168 e. The van der Waals surface area contributed by atoms with Gasteiger partial charge in [0.25, 0.3) is 0 Å². The zero-order valence-electron chi connectivity index (χ0n) is 15.1. The molecular formula is C20H18FN5O. The number of fused-ring (bicyclic) bond motifs is 1. The Balaban J connectivity index is 1.70. The Morgan fingerprint density at radius 1 is 1.11 bits per heavy atom. The Morgan fingerprint density at radius 2 is 2.00 bits per heavy atom. The lowest BCUT2D eigenvalue weighted by molar-refractivity contribution is 0.404. The Bertz CT molecular complexity index is 1110. The molecule has 0 saturated carbocycles. The minimum absolute atomic E-state index is 0.261. The van der Waals surface area contributed by atoms with E-state index in [9.17, 15) is 4.39 Å². The zero-order valence-corrected chi connectivity index (χ0v) is 15.1. The van der Waals surface area contributed by atoms with E-state index in [0.29, 0.717) is 24.2 Å². The highest BCUT2D eigenvalue weighted by molar-refractivity contribution is 5.78. The summed E-state index contributed by atoms with van der Waals surface area (Å²) < 4.78 is 21.4. The van der Waals surface area contributed by atoms with Crippen molar-refractivity contribution in [3.63, 3.8) is 0 Å². The second-order valence-corrected chi connectivity index (χ2v) is 6.21. The minimum Gasteiger partial charge on any atom is -0.496 e. The topological polar surface area (TPSA) is 65.2 Å². The summed E-state index contributed by atoms with van der Waals surface area (Å²) in [4.78, 5) is 8.37. The van der Waals surface area contributed by atoms with E-state index in [2.05, 4.69) is 20.2 Å². The molecule has 0 bridgehead atoms. The van der Waals surface area contributed by atoms with Gasteiger partial charge in [0.2, 0.25) is 0 Å². The molecule has 4 rings (SSSR count). The van der Waals surface area contributed by atoms with E-state index < -0.39 is 0 Å². The standard InChI is InChI=1S/C20H18FN5O/c1-13-17(10-22-11-23-13)15-8-6-14(26-12-24-25-20(15)26)7-9-16-18(21)4-3-5-19(16)27-2/h3-6,8,10-12H,7,9H2,1-2H3. The van der Waals surface area contributed by atoms with Gasteiger partial charge in [-0.25, -0.2) is 14.4 Å². The van der Waals surface area contributed by atoms with Gasteiger partial charge in [-0.3, -0.25) is 4.40 Å². The van der Waals surface area contributed by atoms with Crippen molar-refractivity contribution in [2.75, 3.05) is 7.11 Å². The molecular weight excluding hydrogens is 345 g/mol. The molecule has 0 aliphatic heterocycles. The molecule has 0 N–H and O–H groups in total. The number of methoxy groups -OCH3 is 1. The van der Waals surface area contributed by atoms with E-state index in [0.717, 1.165) is 28.2 Å². The molecule has 0 amide bonds. The van der Waals surface area contributed by atoms with Crippen LogP contribution in [0.1, 0.15) is 17.0 Å². The average molecular weight is 363 g/mol. The summed E-state index contributed by atoms with van der Waals surface area (Å²) in [6, 6.07) is 8.87. The summed E-state index contributed by atoms with van der Waals surface area (Å²) in [5.74, 6) is 0.298. The van der Waals surface area contributed by atoms with Crippen molar-refractivity contribution in [3.8, 4) is 16.9 Å². The molecule has 0 aliphatic carbocycles. The molecule has 0 unspecified atom stereocenters. The fourth-order valence-corrected chi connectivity index (χ4v) is 3.26. The third-order valence-corrected chi connectivity index (χ3v) is 4.67. The maximum Gasteiger partial charge on any atom is 0.168 e. The van der Waals surface area contributed by atoms with Gasteiger partial charge in [0, 0.05) is 34.3 Å². The Morgan fingerprint density at radius 3 is 2.81 bits per heavy atom. The highest BCUT2D eigenvalue weighted by Crippen LogP contribution is 2.27.